The highest BCUT2D eigenvalue weighted by Gasteiger charge is 2.32. The molecule has 0 saturated heterocycles. The van der Waals surface area contributed by atoms with Gasteiger partial charge in [-0.15, -0.1) is 0 Å². The highest BCUT2D eigenvalue weighted by Crippen LogP contribution is 2.15. The topological polar surface area (TPSA) is 374 Å². The zero-order valence-electron chi connectivity index (χ0n) is 54.6. The number of benzene rings is 6. The second kappa shape index (κ2) is 44.2. The number of amides is 5. The number of carboxylic acids is 2. The first kappa shape index (κ1) is 79.8. The molecule has 0 aliphatic carbocycles. The number of hydrogen-bond donors (Lipinski definition) is 7. The van der Waals surface area contributed by atoms with Crippen molar-refractivity contribution in [1.29, 1.82) is 0 Å². The van der Waals surface area contributed by atoms with Crippen molar-refractivity contribution >= 4 is 65.4 Å². The van der Waals surface area contributed by atoms with Crippen LogP contribution in [0.2, 0.25) is 0 Å². The van der Waals surface area contributed by atoms with E-state index in [4.69, 9.17) is 38.3 Å². The summed E-state index contributed by atoms with van der Waals surface area (Å²) in [6.45, 7) is -0.617. The smallest absolute Gasteiger partial charge is 0.430 e. The lowest BCUT2D eigenvalue weighted by molar-refractivity contribution is -0.407. The van der Waals surface area contributed by atoms with Gasteiger partial charge >= 0.3 is 36.0 Å². The van der Waals surface area contributed by atoms with Crippen LogP contribution in [0.1, 0.15) is 97.6 Å². The van der Waals surface area contributed by atoms with Gasteiger partial charge in [0.1, 0.15) is 38.4 Å². The SMILES string of the molecule is O=C([O-])C(F)(F)F.[NH3+][C@@H](CC(=O)N[C@@H](CCC(=O)OCc1ccccc1)CC(=O)N[C@@H](COCc1ccccc1)CC(=O)N[C@@H](CC(=O)N[C@@H](CCC(=O)OCc1ccccc1)CC(=O)N[C@@H](COCc1ccccc1)CC(=O)O)C(=O)OCc1ccccc1)C(=O)OCc1ccccc1. The molecule has 6 rings (SSSR count). The molecule has 534 valence electrons. The molecular formula is C72H81F3N6O19. The van der Waals surface area contributed by atoms with Crippen LogP contribution in [0, 0.1) is 0 Å². The lowest BCUT2D eigenvalue weighted by Gasteiger charge is -2.24. The normalized spacial score (nSPS) is 12.7. The van der Waals surface area contributed by atoms with Crippen molar-refractivity contribution in [3.05, 3.63) is 215 Å². The number of quaternary nitrogens is 1. The summed E-state index contributed by atoms with van der Waals surface area (Å²) < 4.78 is 65.3. The van der Waals surface area contributed by atoms with Gasteiger partial charge in [0.25, 0.3) is 0 Å². The number of carbonyl (C=O) groups excluding carboxylic acids is 10. The molecule has 0 radical (unpaired) electrons. The van der Waals surface area contributed by atoms with Crippen LogP contribution in [0.25, 0.3) is 0 Å². The Labute approximate surface area is 574 Å². The van der Waals surface area contributed by atoms with Gasteiger partial charge in [-0.05, 0) is 46.2 Å². The molecule has 0 aliphatic rings. The fraction of sp³-hybridized carbons (Fsp3) is 0.347. The Morgan fingerprint density at radius 3 is 1.01 bits per heavy atom. The van der Waals surface area contributed by atoms with Gasteiger partial charge in [-0.25, -0.2) is 9.59 Å². The monoisotopic (exact) mass is 1390 g/mol. The van der Waals surface area contributed by atoms with Gasteiger partial charge in [0.2, 0.25) is 29.5 Å². The van der Waals surface area contributed by atoms with Gasteiger partial charge < -0.3 is 75.7 Å². The fourth-order valence-corrected chi connectivity index (χ4v) is 9.39. The van der Waals surface area contributed by atoms with Gasteiger partial charge in [0.15, 0.2) is 6.04 Å². The summed E-state index contributed by atoms with van der Waals surface area (Å²) in [5, 5.41) is 32.0. The zero-order valence-corrected chi connectivity index (χ0v) is 54.6. The molecular weight excluding hydrogens is 1310 g/mol. The van der Waals surface area contributed by atoms with Crippen LogP contribution >= 0.6 is 0 Å². The number of carboxylic acid groups (broad SMARTS) is 2. The van der Waals surface area contributed by atoms with E-state index in [-0.39, 0.29) is 78.5 Å². The maximum Gasteiger partial charge on any atom is 0.430 e. The Hall–Kier alpha value is -10.8. The maximum atomic E-state index is 14.3. The number of esters is 4. The average molecular weight is 1390 g/mol. The van der Waals surface area contributed by atoms with E-state index in [1.807, 2.05) is 60.7 Å². The second-order valence-corrected chi connectivity index (χ2v) is 22.8. The molecule has 9 N–H and O–H groups in total. The molecule has 0 unspecified atom stereocenters. The van der Waals surface area contributed by atoms with E-state index in [1.54, 1.807) is 121 Å². The predicted octanol–water partition coefficient (Wildman–Crippen LogP) is 4.71. The minimum Gasteiger partial charge on any atom is -0.542 e. The third-order valence-electron chi connectivity index (χ3n) is 14.4. The first-order chi connectivity index (χ1) is 48.0. The van der Waals surface area contributed by atoms with Crippen molar-refractivity contribution in [2.24, 2.45) is 0 Å². The van der Waals surface area contributed by atoms with Crippen LogP contribution in [0.3, 0.4) is 0 Å². The Bertz CT molecular complexity index is 3530. The number of carbonyl (C=O) groups is 11. The summed E-state index contributed by atoms with van der Waals surface area (Å²) in [5.41, 5.74) is 8.16. The van der Waals surface area contributed by atoms with Crippen molar-refractivity contribution < 1.29 is 110 Å². The first-order valence-electron chi connectivity index (χ1n) is 31.8. The van der Waals surface area contributed by atoms with Crippen LogP contribution in [0.4, 0.5) is 13.2 Å². The van der Waals surface area contributed by atoms with Crippen molar-refractivity contribution in [1.82, 2.24) is 26.6 Å². The van der Waals surface area contributed by atoms with Crippen molar-refractivity contribution in [2.45, 2.75) is 146 Å². The first-order valence-corrected chi connectivity index (χ1v) is 31.8. The Morgan fingerprint density at radius 1 is 0.380 bits per heavy atom. The molecule has 25 nitrogen and oxygen atoms in total. The van der Waals surface area contributed by atoms with Crippen LogP contribution in [-0.2, 0) is 121 Å². The van der Waals surface area contributed by atoms with Crippen LogP contribution in [0.15, 0.2) is 182 Å². The van der Waals surface area contributed by atoms with Gasteiger partial charge in [-0.3, -0.25) is 38.4 Å². The van der Waals surface area contributed by atoms with E-state index in [1.165, 1.54) is 0 Å². The molecule has 6 atom stereocenters. The quantitative estimate of drug-likeness (QED) is 0.0202. The lowest BCUT2D eigenvalue weighted by atomic mass is 10.0. The largest absolute Gasteiger partial charge is 0.542 e. The molecule has 0 heterocycles. The summed E-state index contributed by atoms with van der Waals surface area (Å²) >= 11 is 0. The van der Waals surface area contributed by atoms with Crippen LogP contribution in [-0.4, -0.2) is 126 Å². The van der Waals surface area contributed by atoms with E-state index in [0.29, 0.717) is 5.56 Å². The maximum absolute atomic E-state index is 14.3. The molecule has 6 aromatic rings. The number of ether oxygens (including phenoxy) is 6. The Morgan fingerprint density at radius 2 is 0.660 bits per heavy atom. The van der Waals surface area contributed by atoms with Gasteiger partial charge in [0, 0.05) is 44.2 Å². The summed E-state index contributed by atoms with van der Waals surface area (Å²) in [6, 6.07) is 46.5. The summed E-state index contributed by atoms with van der Waals surface area (Å²) in [5.74, 6) is -11.0. The zero-order chi connectivity index (χ0) is 72.5. The number of halogens is 3. The minimum atomic E-state index is -5.19. The van der Waals surface area contributed by atoms with E-state index in [2.05, 4.69) is 32.3 Å². The van der Waals surface area contributed by atoms with Gasteiger partial charge in [-0.1, -0.05) is 182 Å². The Balaban J connectivity index is 0.00000244. The molecule has 0 aromatic heterocycles. The average Bonchev–Trinajstić information content (AvgIpc) is 1.18. The highest BCUT2D eigenvalue weighted by atomic mass is 19.4. The van der Waals surface area contributed by atoms with Crippen molar-refractivity contribution in [3.63, 3.8) is 0 Å². The van der Waals surface area contributed by atoms with Crippen molar-refractivity contribution in [3.8, 4) is 0 Å². The van der Waals surface area contributed by atoms with Crippen LogP contribution in [0.5, 0.6) is 0 Å². The molecule has 0 aliphatic heterocycles. The molecule has 100 heavy (non-hydrogen) atoms. The molecule has 0 spiro atoms. The lowest BCUT2D eigenvalue weighted by Crippen LogP contribution is -2.66. The van der Waals surface area contributed by atoms with Gasteiger partial charge in [-0.2, -0.15) is 13.2 Å². The van der Waals surface area contributed by atoms with E-state index in [0.717, 1.165) is 27.8 Å². The third kappa shape index (κ3) is 34.4. The highest BCUT2D eigenvalue weighted by molar-refractivity contribution is 5.90. The predicted molar refractivity (Wildman–Crippen MR) is 348 cm³/mol. The second-order valence-electron chi connectivity index (χ2n) is 22.8. The molecule has 28 heteroatoms. The molecule has 0 fully saturated rings. The summed E-state index contributed by atoms with van der Waals surface area (Å²) in [4.78, 5) is 144. The third-order valence-corrected chi connectivity index (χ3v) is 14.4. The number of aliphatic carboxylic acids is 2. The molecule has 0 saturated carbocycles. The standard InChI is InChI=1S/C70H80N6O17.C2HF3O2/c71-59(69(86)92-45-53-27-15-5-16-28-53)39-64(80)72-55(31-33-67(84)90-43-51-23-11-3-12-24-51)35-61(77)74-57(47-88-41-49-19-7-1-8-20-49)37-63(79)76-60(70(87)93-46-54-29-17-6-18-30-54)40-65(81)73-56(32-34-68(85)91-44-52-25-13-4-14-26-52)36-62(78)75-58(38-66(82)83)48-89-42-50-21-9-2-10-22-50;3-2(4,5)1(6)7/h1-30,55-60H,31-48,71H2,(H,72,80)(H,73,81)(H,74,77)(H,75,78)(H,76,79)(H,82,83);(H,6,7)/t55-,56-,57+,58+,59-,60-;/m0./s1. The Kier molecular flexibility index (Phi) is 35.3. The van der Waals surface area contributed by atoms with Gasteiger partial charge in [0.05, 0.1) is 57.8 Å². The summed E-state index contributed by atoms with van der Waals surface area (Å²) in [6.07, 6.45) is -9.05. The van der Waals surface area contributed by atoms with E-state index >= 15 is 0 Å². The summed E-state index contributed by atoms with van der Waals surface area (Å²) in [7, 11) is 0. The van der Waals surface area contributed by atoms with E-state index in [9.17, 15) is 66.2 Å². The van der Waals surface area contributed by atoms with E-state index < -0.39 is 146 Å². The number of alkyl halides is 3. The van der Waals surface area contributed by atoms with Crippen molar-refractivity contribution in [2.75, 3.05) is 13.2 Å². The molecule has 6 aromatic carbocycles. The minimum absolute atomic E-state index is 0.0213. The number of nitrogens with one attached hydrogen (secondary N) is 5. The molecule has 5 amide bonds. The number of hydrogen-bond acceptors (Lipinski definition) is 18. The molecule has 0 bridgehead atoms. The number of rotatable bonds is 41. The van der Waals surface area contributed by atoms with Crippen LogP contribution < -0.4 is 37.4 Å². The fourth-order valence-electron chi connectivity index (χ4n) is 9.39.